The number of rotatable bonds is 6. The molecule has 2 nitrogen and oxygen atoms in total. The fourth-order valence-corrected chi connectivity index (χ4v) is 4.69. The third-order valence-corrected chi connectivity index (χ3v) is 6.15. The Bertz CT molecular complexity index is 575. The molecule has 0 bridgehead atoms. The van der Waals surface area contributed by atoms with Crippen LogP contribution in [0.4, 0.5) is 8.78 Å². The molecule has 0 aliphatic heterocycles. The lowest BCUT2D eigenvalue weighted by atomic mass is 9.65. The number of fused-ring (bicyclic) bond motifs is 1. The summed E-state index contributed by atoms with van der Waals surface area (Å²) in [5.74, 6) is -0.162. The van der Waals surface area contributed by atoms with Gasteiger partial charge in [0.05, 0.1) is 13.2 Å². The van der Waals surface area contributed by atoms with Crippen LogP contribution in [-0.4, -0.2) is 19.8 Å². The van der Waals surface area contributed by atoms with Crippen molar-refractivity contribution < 1.29 is 18.3 Å². The lowest BCUT2D eigenvalue weighted by molar-refractivity contribution is -0.0161. The van der Waals surface area contributed by atoms with Gasteiger partial charge in [0.25, 0.3) is 0 Å². The van der Waals surface area contributed by atoms with Crippen LogP contribution in [-0.2, 0) is 4.74 Å². The topological polar surface area (TPSA) is 18.5 Å². The molecule has 0 aromatic heterocycles. The van der Waals surface area contributed by atoms with Crippen LogP contribution in [0.5, 0.6) is 5.75 Å². The van der Waals surface area contributed by atoms with Gasteiger partial charge < -0.3 is 9.47 Å². The van der Waals surface area contributed by atoms with Crippen molar-refractivity contribution >= 4 is 0 Å². The monoisotopic (exact) mass is 352 g/mol. The summed E-state index contributed by atoms with van der Waals surface area (Å²) in [4.78, 5) is 0. The zero-order chi connectivity index (χ0) is 17.8. The maximum atomic E-state index is 14.4. The number of hydrogen-bond acceptors (Lipinski definition) is 2. The maximum absolute atomic E-state index is 14.4. The first-order valence-electron chi connectivity index (χ1n) is 9.77. The van der Waals surface area contributed by atoms with Crippen LogP contribution in [0.3, 0.4) is 0 Å². The van der Waals surface area contributed by atoms with Crippen LogP contribution in [0.1, 0.15) is 69.8 Å². The second-order valence-corrected chi connectivity index (χ2v) is 7.67. The van der Waals surface area contributed by atoms with Crippen molar-refractivity contribution in [2.75, 3.05) is 13.7 Å². The molecule has 0 heterocycles. The van der Waals surface area contributed by atoms with Gasteiger partial charge in [-0.05, 0) is 74.3 Å². The molecule has 1 aromatic carbocycles. The van der Waals surface area contributed by atoms with Gasteiger partial charge >= 0.3 is 0 Å². The normalized spacial score (nSPS) is 29.3. The molecule has 0 spiro atoms. The van der Waals surface area contributed by atoms with E-state index in [-0.39, 0.29) is 11.7 Å². The van der Waals surface area contributed by atoms with Crippen LogP contribution in [0.25, 0.3) is 0 Å². The van der Waals surface area contributed by atoms with E-state index >= 15 is 0 Å². The zero-order valence-electron chi connectivity index (χ0n) is 15.4. The molecule has 1 aromatic rings. The van der Waals surface area contributed by atoms with Gasteiger partial charge in [-0.3, -0.25) is 0 Å². The Morgan fingerprint density at radius 2 is 1.76 bits per heavy atom. The quantitative estimate of drug-likeness (QED) is 0.599. The Morgan fingerprint density at radius 1 is 1.00 bits per heavy atom. The highest BCUT2D eigenvalue weighted by atomic mass is 19.2. The van der Waals surface area contributed by atoms with Gasteiger partial charge in [-0.25, -0.2) is 4.39 Å². The van der Waals surface area contributed by atoms with E-state index in [0.717, 1.165) is 51.6 Å². The van der Waals surface area contributed by atoms with E-state index in [4.69, 9.17) is 9.47 Å². The Morgan fingerprint density at radius 3 is 2.52 bits per heavy atom. The van der Waals surface area contributed by atoms with E-state index in [0.29, 0.717) is 23.5 Å². The number of hydrogen-bond donors (Lipinski definition) is 0. The fourth-order valence-electron chi connectivity index (χ4n) is 4.69. The average molecular weight is 352 g/mol. The van der Waals surface area contributed by atoms with E-state index in [9.17, 15) is 8.78 Å². The Labute approximate surface area is 149 Å². The van der Waals surface area contributed by atoms with Crippen molar-refractivity contribution in [1.29, 1.82) is 0 Å². The molecule has 2 aliphatic rings. The Hall–Kier alpha value is -1.16. The van der Waals surface area contributed by atoms with Crippen LogP contribution >= 0.6 is 0 Å². The van der Waals surface area contributed by atoms with Gasteiger partial charge in [0, 0.05) is 6.61 Å². The van der Waals surface area contributed by atoms with E-state index in [1.54, 1.807) is 12.1 Å². The first-order chi connectivity index (χ1) is 12.1. The summed E-state index contributed by atoms with van der Waals surface area (Å²) >= 11 is 0. The van der Waals surface area contributed by atoms with Gasteiger partial charge in [-0.15, -0.1) is 0 Å². The minimum absolute atomic E-state index is 0.0142. The average Bonchev–Trinajstić information content (AvgIpc) is 2.64. The van der Waals surface area contributed by atoms with Gasteiger partial charge in [-0.2, -0.15) is 4.39 Å². The molecule has 2 aliphatic carbocycles. The third-order valence-electron chi connectivity index (χ3n) is 6.15. The molecular formula is C21H30F2O2. The van der Waals surface area contributed by atoms with Gasteiger partial charge in [0.2, 0.25) is 5.82 Å². The predicted molar refractivity (Wildman–Crippen MR) is 95.0 cm³/mol. The summed E-state index contributed by atoms with van der Waals surface area (Å²) in [6.07, 6.45) is 9.10. The van der Waals surface area contributed by atoms with Crippen LogP contribution < -0.4 is 4.74 Å². The fraction of sp³-hybridized carbons (Fsp3) is 0.714. The summed E-state index contributed by atoms with van der Waals surface area (Å²) < 4.78 is 39.3. The van der Waals surface area contributed by atoms with Crippen molar-refractivity contribution in [3.63, 3.8) is 0 Å². The summed E-state index contributed by atoms with van der Waals surface area (Å²) in [5.41, 5.74) is 0.526. The molecular weight excluding hydrogens is 322 g/mol. The highest BCUT2D eigenvalue weighted by Crippen LogP contribution is 2.47. The lowest BCUT2D eigenvalue weighted by Gasteiger charge is -2.42. The largest absolute Gasteiger partial charge is 0.494 e. The van der Waals surface area contributed by atoms with E-state index in [1.165, 1.54) is 13.5 Å². The Balaban J connectivity index is 1.61. The second kappa shape index (κ2) is 8.48. The SMILES string of the molecule is CCCCOC1CCC2CC(c3ccc(OC)c(F)c3F)CCC2C1. The minimum atomic E-state index is -0.852. The number of ether oxygens (including phenoxy) is 2. The first kappa shape index (κ1) is 18.6. The standard InChI is InChI=1S/C21H30F2O2/c1-3-4-11-25-17-8-7-14-12-16(6-5-15(14)13-17)18-9-10-19(24-2)21(23)20(18)22/h9-10,14-17H,3-8,11-13H2,1-2H3. The summed E-state index contributed by atoms with van der Waals surface area (Å²) in [5, 5.41) is 0. The molecule has 4 unspecified atom stereocenters. The number of methoxy groups -OCH3 is 1. The predicted octanol–water partition coefficient (Wildman–Crippen LogP) is 5.84. The molecule has 4 atom stereocenters. The minimum Gasteiger partial charge on any atom is -0.494 e. The number of unbranched alkanes of at least 4 members (excludes halogenated alkanes) is 1. The molecule has 3 rings (SSSR count). The van der Waals surface area contributed by atoms with Crippen molar-refractivity contribution in [1.82, 2.24) is 0 Å². The summed E-state index contributed by atoms with van der Waals surface area (Å²) in [7, 11) is 1.36. The first-order valence-corrected chi connectivity index (χ1v) is 9.77. The van der Waals surface area contributed by atoms with Crippen LogP contribution in [0.15, 0.2) is 12.1 Å². The van der Waals surface area contributed by atoms with Crippen molar-refractivity contribution in [3.05, 3.63) is 29.3 Å². The van der Waals surface area contributed by atoms with Crippen molar-refractivity contribution in [3.8, 4) is 5.75 Å². The molecule has 2 saturated carbocycles. The van der Waals surface area contributed by atoms with Gasteiger partial charge in [0.1, 0.15) is 0 Å². The summed E-state index contributed by atoms with van der Waals surface area (Å²) in [6, 6.07) is 3.26. The highest BCUT2D eigenvalue weighted by Gasteiger charge is 2.37. The summed E-state index contributed by atoms with van der Waals surface area (Å²) in [6.45, 7) is 3.06. The van der Waals surface area contributed by atoms with Gasteiger partial charge in [0.15, 0.2) is 11.6 Å². The molecule has 25 heavy (non-hydrogen) atoms. The number of benzene rings is 1. The van der Waals surface area contributed by atoms with E-state index in [2.05, 4.69) is 6.92 Å². The molecule has 4 heteroatoms. The molecule has 0 amide bonds. The van der Waals surface area contributed by atoms with Crippen molar-refractivity contribution in [2.24, 2.45) is 11.8 Å². The van der Waals surface area contributed by atoms with Crippen molar-refractivity contribution in [2.45, 2.75) is 70.3 Å². The molecule has 2 fully saturated rings. The highest BCUT2D eigenvalue weighted by molar-refractivity contribution is 5.33. The lowest BCUT2D eigenvalue weighted by Crippen LogP contribution is -2.34. The van der Waals surface area contributed by atoms with Gasteiger partial charge in [-0.1, -0.05) is 19.4 Å². The zero-order valence-corrected chi connectivity index (χ0v) is 15.4. The molecule has 0 saturated heterocycles. The Kier molecular flexibility index (Phi) is 6.32. The third kappa shape index (κ3) is 4.16. The number of halogens is 2. The molecule has 140 valence electrons. The van der Waals surface area contributed by atoms with Crippen LogP contribution in [0, 0.1) is 23.5 Å². The van der Waals surface area contributed by atoms with Crippen LogP contribution in [0.2, 0.25) is 0 Å². The van der Waals surface area contributed by atoms with E-state index < -0.39 is 11.6 Å². The molecule has 0 radical (unpaired) electrons. The second-order valence-electron chi connectivity index (χ2n) is 7.67. The molecule has 0 N–H and O–H groups in total. The smallest absolute Gasteiger partial charge is 0.200 e. The maximum Gasteiger partial charge on any atom is 0.200 e. The van der Waals surface area contributed by atoms with E-state index in [1.807, 2.05) is 0 Å².